The number of hydrogen-bond acceptors (Lipinski definition) is 4. The molecule has 0 spiro atoms. The molecule has 0 aliphatic carbocycles. The fourth-order valence-electron chi connectivity index (χ4n) is 1.59. The van der Waals surface area contributed by atoms with Crippen LogP contribution in [0.2, 0.25) is 0 Å². The van der Waals surface area contributed by atoms with Crippen LogP contribution in [0.15, 0.2) is 18.2 Å². The lowest BCUT2D eigenvalue weighted by molar-refractivity contribution is 0.0933. The highest BCUT2D eigenvalue weighted by atomic mass is 16.6. The van der Waals surface area contributed by atoms with Gasteiger partial charge in [-0.25, -0.2) is 0 Å². The molecule has 1 unspecified atom stereocenters. The minimum absolute atomic E-state index is 0.0412. The molecule has 0 bridgehead atoms. The van der Waals surface area contributed by atoms with Crippen LogP contribution in [0.25, 0.3) is 0 Å². The summed E-state index contributed by atoms with van der Waals surface area (Å²) in [6.07, 6.45) is 0. The molecule has 1 heterocycles. The van der Waals surface area contributed by atoms with Crippen LogP contribution < -0.4 is 15.2 Å². The van der Waals surface area contributed by atoms with Crippen LogP contribution in [0.3, 0.4) is 0 Å². The van der Waals surface area contributed by atoms with E-state index < -0.39 is 0 Å². The predicted molar refractivity (Wildman–Crippen MR) is 60.0 cm³/mol. The Morgan fingerprint density at radius 3 is 2.75 bits per heavy atom. The van der Waals surface area contributed by atoms with E-state index in [-0.39, 0.29) is 11.7 Å². The van der Waals surface area contributed by atoms with Gasteiger partial charge >= 0.3 is 0 Å². The van der Waals surface area contributed by atoms with Crippen molar-refractivity contribution in [3.05, 3.63) is 23.8 Å². The van der Waals surface area contributed by atoms with E-state index in [1.165, 1.54) is 0 Å². The lowest BCUT2D eigenvalue weighted by Crippen LogP contribution is -2.21. The molecule has 0 amide bonds. The number of carbonyl (C=O) groups is 1. The van der Waals surface area contributed by atoms with Crippen LogP contribution >= 0.6 is 0 Å². The Morgan fingerprint density at radius 1 is 1.38 bits per heavy atom. The van der Waals surface area contributed by atoms with Gasteiger partial charge in [0.2, 0.25) is 0 Å². The maximum atomic E-state index is 11.9. The van der Waals surface area contributed by atoms with Crippen molar-refractivity contribution in [3.63, 3.8) is 0 Å². The number of benzene rings is 1. The van der Waals surface area contributed by atoms with Crippen molar-refractivity contribution in [2.75, 3.05) is 19.8 Å². The number of hydrogen-bond donors (Lipinski definition) is 1. The fourth-order valence-corrected chi connectivity index (χ4v) is 1.59. The van der Waals surface area contributed by atoms with Gasteiger partial charge in [-0.2, -0.15) is 0 Å². The van der Waals surface area contributed by atoms with Crippen molar-refractivity contribution in [2.45, 2.75) is 6.92 Å². The second kappa shape index (κ2) is 4.53. The highest BCUT2D eigenvalue weighted by Gasteiger charge is 2.17. The zero-order chi connectivity index (χ0) is 11.5. The highest BCUT2D eigenvalue weighted by molar-refractivity contribution is 5.98. The highest BCUT2D eigenvalue weighted by Crippen LogP contribution is 2.31. The summed E-state index contributed by atoms with van der Waals surface area (Å²) >= 11 is 0. The first-order chi connectivity index (χ1) is 7.72. The van der Waals surface area contributed by atoms with Crippen molar-refractivity contribution in [2.24, 2.45) is 11.7 Å². The Bertz CT molecular complexity index is 403. The van der Waals surface area contributed by atoms with E-state index in [1.54, 1.807) is 18.2 Å². The van der Waals surface area contributed by atoms with E-state index in [0.29, 0.717) is 36.8 Å². The van der Waals surface area contributed by atoms with Crippen LogP contribution in [0.4, 0.5) is 0 Å². The lowest BCUT2D eigenvalue weighted by atomic mass is 9.99. The molecule has 0 saturated carbocycles. The Morgan fingerprint density at radius 2 is 2.06 bits per heavy atom. The molecule has 4 heteroatoms. The number of rotatable bonds is 3. The van der Waals surface area contributed by atoms with E-state index in [0.717, 1.165) is 0 Å². The molecule has 1 aromatic rings. The summed E-state index contributed by atoms with van der Waals surface area (Å²) in [5.74, 6) is 1.21. The zero-order valence-electron chi connectivity index (χ0n) is 9.23. The molecule has 0 saturated heterocycles. The maximum Gasteiger partial charge on any atom is 0.167 e. The summed E-state index contributed by atoms with van der Waals surface area (Å²) in [6, 6.07) is 5.25. The molecule has 0 aromatic heterocycles. The van der Waals surface area contributed by atoms with E-state index in [9.17, 15) is 4.79 Å². The molecule has 0 radical (unpaired) electrons. The second-order valence-corrected chi connectivity index (χ2v) is 3.86. The van der Waals surface area contributed by atoms with Gasteiger partial charge < -0.3 is 15.2 Å². The fraction of sp³-hybridized carbons (Fsp3) is 0.417. The SMILES string of the molecule is CC(CN)C(=O)c1ccc2c(c1)OCCO2. The molecule has 1 aliphatic heterocycles. The molecule has 1 aliphatic rings. The third-order valence-corrected chi connectivity index (χ3v) is 2.63. The van der Waals surface area contributed by atoms with Crippen LogP contribution in [0.5, 0.6) is 11.5 Å². The van der Waals surface area contributed by atoms with Crippen molar-refractivity contribution >= 4 is 5.78 Å². The first kappa shape index (κ1) is 11.0. The van der Waals surface area contributed by atoms with Gasteiger partial charge in [0.05, 0.1) is 0 Å². The summed E-state index contributed by atoms with van der Waals surface area (Å²) in [5.41, 5.74) is 6.10. The van der Waals surface area contributed by atoms with E-state index >= 15 is 0 Å². The average Bonchev–Trinajstić information content (AvgIpc) is 2.36. The molecule has 1 aromatic carbocycles. The number of carbonyl (C=O) groups excluding carboxylic acids is 1. The van der Waals surface area contributed by atoms with Crippen LogP contribution in [-0.4, -0.2) is 25.5 Å². The Balaban J connectivity index is 2.26. The Labute approximate surface area is 94.3 Å². The summed E-state index contributed by atoms with van der Waals surface area (Å²) in [7, 11) is 0. The monoisotopic (exact) mass is 221 g/mol. The molecule has 86 valence electrons. The third-order valence-electron chi connectivity index (χ3n) is 2.63. The van der Waals surface area contributed by atoms with Crippen molar-refractivity contribution in [1.29, 1.82) is 0 Å². The van der Waals surface area contributed by atoms with Crippen molar-refractivity contribution in [1.82, 2.24) is 0 Å². The third kappa shape index (κ3) is 2.02. The van der Waals surface area contributed by atoms with Gasteiger partial charge in [-0.1, -0.05) is 6.92 Å². The quantitative estimate of drug-likeness (QED) is 0.780. The molecule has 0 fully saturated rings. The lowest BCUT2D eigenvalue weighted by Gasteiger charge is -2.19. The largest absolute Gasteiger partial charge is 0.486 e. The van der Waals surface area contributed by atoms with Gasteiger partial charge in [-0.3, -0.25) is 4.79 Å². The number of Topliss-reactive ketones (excluding diaryl/α,β-unsaturated/α-hetero) is 1. The summed E-state index contributed by atoms with van der Waals surface area (Å²) < 4.78 is 10.8. The van der Waals surface area contributed by atoms with Gasteiger partial charge in [-0.05, 0) is 18.2 Å². The van der Waals surface area contributed by atoms with Crippen molar-refractivity contribution < 1.29 is 14.3 Å². The molecule has 4 nitrogen and oxygen atoms in total. The molecule has 2 rings (SSSR count). The average molecular weight is 221 g/mol. The van der Waals surface area contributed by atoms with E-state index in [4.69, 9.17) is 15.2 Å². The standard InChI is InChI=1S/C12H15NO3/c1-8(7-13)12(14)9-2-3-10-11(6-9)16-5-4-15-10/h2-3,6,8H,4-5,7,13H2,1H3. The van der Waals surface area contributed by atoms with Crippen LogP contribution in [0, 0.1) is 5.92 Å². The summed E-state index contributed by atoms with van der Waals surface area (Å²) in [5, 5.41) is 0. The zero-order valence-corrected chi connectivity index (χ0v) is 9.23. The maximum absolute atomic E-state index is 11.9. The van der Waals surface area contributed by atoms with Gasteiger partial charge in [-0.15, -0.1) is 0 Å². The number of ether oxygens (including phenoxy) is 2. The summed E-state index contributed by atoms with van der Waals surface area (Å²) in [4.78, 5) is 11.9. The van der Waals surface area contributed by atoms with Gasteiger partial charge in [0.15, 0.2) is 17.3 Å². The minimum Gasteiger partial charge on any atom is -0.486 e. The van der Waals surface area contributed by atoms with Crippen LogP contribution in [0.1, 0.15) is 17.3 Å². The molecule has 2 N–H and O–H groups in total. The van der Waals surface area contributed by atoms with Gasteiger partial charge in [0.25, 0.3) is 0 Å². The minimum atomic E-state index is -0.164. The number of ketones is 1. The smallest absolute Gasteiger partial charge is 0.167 e. The predicted octanol–water partition coefficient (Wildman–Crippen LogP) is 1.24. The first-order valence-corrected chi connectivity index (χ1v) is 5.36. The van der Waals surface area contributed by atoms with Crippen molar-refractivity contribution in [3.8, 4) is 11.5 Å². The number of nitrogens with two attached hydrogens (primary N) is 1. The molecule has 1 atom stereocenters. The first-order valence-electron chi connectivity index (χ1n) is 5.36. The molecule has 16 heavy (non-hydrogen) atoms. The Kier molecular flexibility index (Phi) is 3.10. The second-order valence-electron chi connectivity index (χ2n) is 3.86. The van der Waals surface area contributed by atoms with E-state index in [1.807, 2.05) is 6.92 Å². The number of fused-ring (bicyclic) bond motifs is 1. The Hall–Kier alpha value is -1.55. The summed E-state index contributed by atoms with van der Waals surface area (Å²) in [6.45, 7) is 3.25. The van der Waals surface area contributed by atoms with Gasteiger partial charge in [0, 0.05) is 18.0 Å². The van der Waals surface area contributed by atoms with E-state index in [2.05, 4.69) is 0 Å². The molecular formula is C12H15NO3. The topological polar surface area (TPSA) is 61.6 Å². The van der Waals surface area contributed by atoms with Crippen LogP contribution in [-0.2, 0) is 0 Å². The normalized spacial score (nSPS) is 15.6. The molecular weight excluding hydrogens is 206 g/mol. The van der Waals surface area contributed by atoms with Gasteiger partial charge in [0.1, 0.15) is 13.2 Å².